The molecule has 5 aromatic heterocycles. The number of anilines is 1. The number of aromatic amines is 2. The molecule has 15 heteroatoms. The van der Waals surface area contributed by atoms with Gasteiger partial charge in [-0.15, -0.1) is 0 Å². The normalized spacial score (nSPS) is 12.2. The number of pyridine rings is 3. The van der Waals surface area contributed by atoms with Crippen molar-refractivity contribution in [3.8, 4) is 33.8 Å². The number of carbonyl (C=O) groups excluding carboxylic acids is 1. The smallest absolute Gasteiger partial charge is 0.224 e. The number of amides is 1. The second-order valence-corrected chi connectivity index (χ2v) is 13.9. The van der Waals surface area contributed by atoms with Gasteiger partial charge in [0, 0.05) is 48.2 Å². The van der Waals surface area contributed by atoms with Gasteiger partial charge in [-0.3, -0.25) is 14.9 Å². The van der Waals surface area contributed by atoms with Gasteiger partial charge in [-0.05, 0) is 46.9 Å². The Morgan fingerprint density at radius 2 is 1.78 bits per heavy atom. The molecule has 1 aromatic carbocycles. The van der Waals surface area contributed by atoms with Crippen LogP contribution in [0.25, 0.3) is 56.0 Å². The fraction of sp³-hybridized carbons (Fsp3) is 0.226. The van der Waals surface area contributed by atoms with Crippen molar-refractivity contribution in [3.63, 3.8) is 0 Å². The van der Waals surface area contributed by atoms with Gasteiger partial charge in [0.05, 0.1) is 23.5 Å². The van der Waals surface area contributed by atoms with Crippen molar-refractivity contribution in [2.45, 2.75) is 33.7 Å². The summed E-state index contributed by atoms with van der Waals surface area (Å²) in [6, 6.07) is 7.47. The lowest BCUT2D eigenvalue weighted by molar-refractivity contribution is -0.117. The highest BCUT2D eigenvalue weighted by atomic mass is 32.2. The monoisotopic (exact) mass is 645 g/mol. The minimum Gasteiger partial charge on any atom is -0.325 e. The maximum Gasteiger partial charge on any atom is 0.224 e. The molecule has 5 heterocycles. The summed E-state index contributed by atoms with van der Waals surface area (Å²) >= 11 is 0. The van der Waals surface area contributed by atoms with Crippen LogP contribution in [0.3, 0.4) is 0 Å². The third-order valence-electron chi connectivity index (χ3n) is 6.97. The second kappa shape index (κ2) is 11.7. The van der Waals surface area contributed by atoms with E-state index >= 15 is 4.39 Å². The van der Waals surface area contributed by atoms with Gasteiger partial charge in [0.1, 0.15) is 22.8 Å². The molecule has 46 heavy (non-hydrogen) atoms. The van der Waals surface area contributed by atoms with Crippen LogP contribution in [-0.2, 0) is 21.4 Å². The van der Waals surface area contributed by atoms with E-state index < -0.39 is 21.7 Å². The number of H-pyrrole nitrogens is 2. The van der Waals surface area contributed by atoms with Crippen LogP contribution in [0.15, 0.2) is 55.1 Å². The number of rotatable bonds is 8. The predicted octanol–water partition coefficient (Wildman–Crippen LogP) is 5.33. The average molecular weight is 646 g/mol. The summed E-state index contributed by atoms with van der Waals surface area (Å²) in [5.41, 5.74) is 3.15. The SMILES string of the molecule is CC(C)(C)CC(=O)Nc1cncc(-c2cnc3[nH]nc(-c4nc5c(-c6cc(F)cc(CNS(C)(=O)=O)c6)ccnc5[nH]4)c3c2F)c1. The van der Waals surface area contributed by atoms with Crippen LogP contribution in [0.4, 0.5) is 14.5 Å². The number of hydrogen-bond acceptors (Lipinski definition) is 8. The number of imidazole rings is 1. The Bertz CT molecular complexity index is 2240. The molecule has 0 aliphatic rings. The third-order valence-corrected chi connectivity index (χ3v) is 7.63. The van der Waals surface area contributed by atoms with Crippen LogP contribution in [0, 0.1) is 17.0 Å². The summed E-state index contributed by atoms with van der Waals surface area (Å²) in [6.45, 7) is 5.77. The molecule has 0 aliphatic heterocycles. The molecular formula is C31H29F2N9O3S. The van der Waals surface area contributed by atoms with Crippen molar-refractivity contribution in [3.05, 3.63) is 72.3 Å². The van der Waals surface area contributed by atoms with E-state index in [0.29, 0.717) is 45.5 Å². The Kier molecular flexibility index (Phi) is 7.82. The van der Waals surface area contributed by atoms with Gasteiger partial charge >= 0.3 is 0 Å². The molecule has 0 aliphatic carbocycles. The van der Waals surface area contributed by atoms with E-state index in [4.69, 9.17) is 0 Å². The van der Waals surface area contributed by atoms with Crippen molar-refractivity contribution >= 4 is 43.8 Å². The number of halogens is 2. The minimum absolute atomic E-state index is 0.0696. The zero-order valence-corrected chi connectivity index (χ0v) is 26.1. The van der Waals surface area contributed by atoms with E-state index in [-0.39, 0.29) is 46.0 Å². The van der Waals surface area contributed by atoms with Gasteiger partial charge in [0.25, 0.3) is 0 Å². The van der Waals surface area contributed by atoms with Crippen LogP contribution in [0.1, 0.15) is 32.8 Å². The largest absolute Gasteiger partial charge is 0.325 e. The average Bonchev–Trinajstić information content (AvgIpc) is 3.59. The first-order chi connectivity index (χ1) is 21.7. The summed E-state index contributed by atoms with van der Waals surface area (Å²) in [5.74, 6) is -1.18. The Morgan fingerprint density at radius 3 is 2.54 bits per heavy atom. The van der Waals surface area contributed by atoms with Gasteiger partial charge in [-0.25, -0.2) is 36.9 Å². The second-order valence-electron chi connectivity index (χ2n) is 12.1. The molecule has 4 N–H and O–H groups in total. The first-order valence-electron chi connectivity index (χ1n) is 14.1. The summed E-state index contributed by atoms with van der Waals surface area (Å²) < 4.78 is 56.3. The van der Waals surface area contributed by atoms with Crippen LogP contribution in [-0.4, -0.2) is 55.7 Å². The van der Waals surface area contributed by atoms with E-state index in [1.54, 1.807) is 18.2 Å². The van der Waals surface area contributed by atoms with Gasteiger partial charge < -0.3 is 10.3 Å². The predicted molar refractivity (Wildman–Crippen MR) is 170 cm³/mol. The topological polar surface area (TPSA) is 171 Å². The molecule has 1 amide bonds. The molecule has 6 aromatic rings. The lowest BCUT2D eigenvalue weighted by Gasteiger charge is -2.17. The number of sulfonamides is 1. The Hall–Kier alpha value is -5.15. The first kappa shape index (κ1) is 30.9. The van der Waals surface area contributed by atoms with E-state index in [1.165, 1.54) is 36.9 Å². The summed E-state index contributed by atoms with van der Waals surface area (Å²) in [4.78, 5) is 33.1. The van der Waals surface area contributed by atoms with Crippen molar-refractivity contribution in [1.82, 2.24) is 39.8 Å². The summed E-state index contributed by atoms with van der Waals surface area (Å²) in [6.07, 6.45) is 7.15. The van der Waals surface area contributed by atoms with Crippen LogP contribution >= 0.6 is 0 Å². The quantitative estimate of drug-likeness (QED) is 0.172. The van der Waals surface area contributed by atoms with Crippen molar-refractivity contribution in [2.24, 2.45) is 5.41 Å². The fourth-order valence-corrected chi connectivity index (χ4v) is 5.48. The lowest BCUT2D eigenvalue weighted by Crippen LogP contribution is -2.21. The molecule has 236 valence electrons. The number of nitrogens with zero attached hydrogens (tertiary/aromatic N) is 5. The lowest BCUT2D eigenvalue weighted by atomic mass is 9.92. The Morgan fingerprint density at radius 1 is 0.978 bits per heavy atom. The molecule has 0 atom stereocenters. The van der Waals surface area contributed by atoms with Crippen LogP contribution in [0.2, 0.25) is 0 Å². The van der Waals surface area contributed by atoms with Gasteiger partial charge in [-0.1, -0.05) is 20.8 Å². The van der Waals surface area contributed by atoms with E-state index in [9.17, 15) is 17.6 Å². The molecule has 0 spiro atoms. The third kappa shape index (κ3) is 6.60. The van der Waals surface area contributed by atoms with Crippen molar-refractivity contribution in [2.75, 3.05) is 11.6 Å². The number of hydrogen-bond donors (Lipinski definition) is 4. The van der Waals surface area contributed by atoms with Crippen molar-refractivity contribution in [1.29, 1.82) is 0 Å². The highest BCUT2D eigenvalue weighted by Crippen LogP contribution is 2.35. The van der Waals surface area contributed by atoms with E-state index in [2.05, 4.69) is 45.2 Å². The molecule has 6 rings (SSSR count). The maximum atomic E-state index is 16.2. The number of aromatic nitrogens is 7. The number of carbonyl (C=O) groups is 1. The molecule has 0 unspecified atom stereocenters. The molecule has 0 bridgehead atoms. The first-order valence-corrected chi connectivity index (χ1v) is 16.0. The molecule has 0 fully saturated rings. The minimum atomic E-state index is -3.49. The molecule has 12 nitrogen and oxygen atoms in total. The molecule has 0 radical (unpaired) electrons. The Balaban J connectivity index is 1.38. The number of fused-ring (bicyclic) bond motifs is 2. The Labute approximate surface area is 262 Å². The van der Waals surface area contributed by atoms with Crippen molar-refractivity contribution < 1.29 is 22.0 Å². The standard InChI is InChI=1S/C31H29F2N9O3S/c1-31(2,3)11-23(43)38-20-10-18(13-34-14-20)22-15-36-28-24(25(22)33)27(41-42-28)30-39-26-21(5-6-35-29(26)40-30)17-7-16(8-19(32)9-17)12-37-46(4,44)45/h5-10,13-15,37H,11-12H2,1-4H3,(H,38,43)(H,35,39,40)(H,36,41,42). The maximum absolute atomic E-state index is 16.2. The highest BCUT2D eigenvalue weighted by Gasteiger charge is 2.22. The van der Waals surface area contributed by atoms with Gasteiger partial charge in [-0.2, -0.15) is 5.10 Å². The zero-order chi connectivity index (χ0) is 32.8. The van der Waals surface area contributed by atoms with E-state index in [0.717, 1.165) is 6.26 Å². The molecular weight excluding hydrogens is 616 g/mol. The molecule has 0 saturated carbocycles. The number of nitrogens with one attached hydrogen (secondary N) is 4. The summed E-state index contributed by atoms with van der Waals surface area (Å²) in [5, 5.41) is 9.90. The van der Waals surface area contributed by atoms with Gasteiger partial charge in [0.2, 0.25) is 15.9 Å². The highest BCUT2D eigenvalue weighted by molar-refractivity contribution is 7.88. The summed E-state index contributed by atoms with van der Waals surface area (Å²) in [7, 11) is -3.49. The zero-order valence-electron chi connectivity index (χ0n) is 25.2. The van der Waals surface area contributed by atoms with Crippen LogP contribution < -0.4 is 10.0 Å². The van der Waals surface area contributed by atoms with E-state index in [1.807, 2.05) is 20.8 Å². The van der Waals surface area contributed by atoms with Crippen LogP contribution in [0.5, 0.6) is 0 Å². The number of benzene rings is 1. The molecule has 0 saturated heterocycles. The van der Waals surface area contributed by atoms with Gasteiger partial charge in [0.15, 0.2) is 17.1 Å². The fourth-order valence-electron chi connectivity index (χ4n) is 5.05.